The van der Waals surface area contributed by atoms with Crippen LogP contribution < -0.4 is 0 Å². The van der Waals surface area contributed by atoms with E-state index < -0.39 is 5.97 Å². The monoisotopic (exact) mass is 412 g/mol. The van der Waals surface area contributed by atoms with Crippen molar-refractivity contribution in [3.63, 3.8) is 0 Å². The molecule has 0 saturated heterocycles. The first-order valence-electron chi connectivity index (χ1n) is 10.0. The van der Waals surface area contributed by atoms with Gasteiger partial charge in [0.15, 0.2) is 0 Å². The Bertz CT molecular complexity index is 700. The van der Waals surface area contributed by atoms with Crippen LogP contribution in [-0.4, -0.2) is 37.2 Å². The highest BCUT2D eigenvalue weighted by molar-refractivity contribution is 8.03. The number of unbranched alkanes of at least 4 members (excludes halogenated alkanes) is 1. The Kier molecular flexibility index (Phi) is 10.1. The minimum atomic E-state index is -0.689. The lowest BCUT2D eigenvalue weighted by Crippen LogP contribution is -2.28. The number of aliphatic carboxylic acids is 1. The second-order valence-electron chi connectivity index (χ2n) is 7.51. The number of carboxylic acids is 1. The summed E-state index contributed by atoms with van der Waals surface area (Å²) in [4.78, 5) is 10.8. The van der Waals surface area contributed by atoms with Crippen LogP contribution in [0.1, 0.15) is 48.4 Å². The third-order valence-corrected chi connectivity index (χ3v) is 7.60. The fourth-order valence-electron chi connectivity index (χ4n) is 3.29. The molecule has 2 rings (SSSR count). The van der Waals surface area contributed by atoms with E-state index in [1.807, 2.05) is 23.5 Å². The SMILES string of the molecule is BC(SC(B)(CCCCC(=O)O)CCSCc1ccccc1)c1ccccc1. The Hall–Kier alpha value is -1.26. The first-order valence-corrected chi connectivity index (χ1v) is 12.1. The van der Waals surface area contributed by atoms with Crippen LogP contribution in [0, 0.1) is 0 Å². The second-order valence-corrected chi connectivity index (χ2v) is 10.5. The number of thioether (sulfide) groups is 2. The average Bonchev–Trinajstić information content (AvgIpc) is 2.70. The maximum absolute atomic E-state index is 10.8. The van der Waals surface area contributed by atoms with Gasteiger partial charge in [-0.1, -0.05) is 67.1 Å². The molecule has 0 fully saturated rings. The molecule has 0 aromatic heterocycles. The van der Waals surface area contributed by atoms with E-state index in [1.54, 1.807) is 0 Å². The topological polar surface area (TPSA) is 37.3 Å². The first kappa shape index (κ1) is 23.0. The van der Waals surface area contributed by atoms with Crippen molar-refractivity contribution in [2.45, 2.75) is 47.7 Å². The molecule has 0 aliphatic rings. The molecule has 2 atom stereocenters. The minimum Gasteiger partial charge on any atom is -0.481 e. The van der Waals surface area contributed by atoms with Gasteiger partial charge >= 0.3 is 5.97 Å². The van der Waals surface area contributed by atoms with Gasteiger partial charge in [-0.3, -0.25) is 4.79 Å². The van der Waals surface area contributed by atoms with E-state index in [0.29, 0.717) is 5.15 Å². The largest absolute Gasteiger partial charge is 0.481 e. The molecule has 2 aromatic rings. The van der Waals surface area contributed by atoms with Gasteiger partial charge in [0.05, 0.1) is 0 Å². The van der Waals surface area contributed by atoms with Gasteiger partial charge in [-0.2, -0.15) is 23.5 Å². The van der Waals surface area contributed by atoms with Crippen molar-refractivity contribution in [2.24, 2.45) is 0 Å². The Balaban J connectivity index is 1.89. The van der Waals surface area contributed by atoms with Crippen molar-refractivity contribution in [3.8, 4) is 0 Å². The highest BCUT2D eigenvalue weighted by Crippen LogP contribution is 2.41. The smallest absolute Gasteiger partial charge is 0.303 e. The summed E-state index contributed by atoms with van der Waals surface area (Å²) in [5, 5.41) is 9.35. The Morgan fingerprint density at radius 2 is 1.64 bits per heavy atom. The third kappa shape index (κ3) is 8.83. The summed E-state index contributed by atoms with van der Waals surface area (Å²) in [6.07, 6.45) is 4.22. The molecular weight excluding hydrogens is 382 g/mol. The van der Waals surface area contributed by atoms with E-state index in [1.165, 1.54) is 11.1 Å². The van der Waals surface area contributed by atoms with Crippen molar-refractivity contribution < 1.29 is 9.90 Å². The molecule has 2 unspecified atom stereocenters. The molecule has 148 valence electrons. The minimum absolute atomic E-state index is 0.164. The molecule has 0 amide bonds. The van der Waals surface area contributed by atoms with Gasteiger partial charge in [-0.15, -0.1) is 0 Å². The predicted molar refractivity (Wildman–Crippen MR) is 130 cm³/mol. The normalized spacial score (nSPS) is 14.3. The summed E-state index contributed by atoms with van der Waals surface area (Å²) in [7, 11) is 4.65. The summed E-state index contributed by atoms with van der Waals surface area (Å²) >= 11 is 4.04. The van der Waals surface area contributed by atoms with Gasteiger partial charge in [-0.25, -0.2) is 0 Å². The van der Waals surface area contributed by atoms with Crippen molar-refractivity contribution in [2.75, 3.05) is 5.75 Å². The van der Waals surface area contributed by atoms with Gasteiger partial charge in [0.2, 0.25) is 0 Å². The molecule has 0 heterocycles. The van der Waals surface area contributed by atoms with Crippen LogP contribution in [0.15, 0.2) is 60.7 Å². The number of hydrogen-bond acceptors (Lipinski definition) is 3. The third-order valence-electron chi connectivity index (χ3n) is 4.96. The van der Waals surface area contributed by atoms with E-state index in [-0.39, 0.29) is 11.1 Å². The van der Waals surface area contributed by atoms with Crippen molar-refractivity contribution >= 4 is 45.2 Å². The maximum atomic E-state index is 10.8. The summed E-state index contributed by atoms with van der Waals surface area (Å²) in [6.45, 7) is 0. The summed E-state index contributed by atoms with van der Waals surface area (Å²) in [5.41, 5.74) is 2.74. The Morgan fingerprint density at radius 1 is 1.00 bits per heavy atom. The summed E-state index contributed by atoms with van der Waals surface area (Å²) in [5.74, 6) is 1.48. The summed E-state index contributed by atoms with van der Waals surface area (Å²) < 4.78 is 0.164. The van der Waals surface area contributed by atoms with Crippen LogP contribution >= 0.6 is 23.5 Å². The molecule has 2 nitrogen and oxygen atoms in total. The van der Waals surface area contributed by atoms with Crippen molar-refractivity contribution in [1.29, 1.82) is 0 Å². The van der Waals surface area contributed by atoms with Crippen LogP contribution in [0.3, 0.4) is 0 Å². The van der Waals surface area contributed by atoms with Gasteiger partial charge in [-0.05, 0) is 45.9 Å². The lowest BCUT2D eigenvalue weighted by atomic mass is 9.79. The number of benzene rings is 2. The summed E-state index contributed by atoms with van der Waals surface area (Å²) in [6, 6.07) is 21.3. The lowest BCUT2D eigenvalue weighted by Gasteiger charge is -2.33. The Morgan fingerprint density at radius 3 is 2.29 bits per heavy atom. The average molecular weight is 412 g/mol. The highest BCUT2D eigenvalue weighted by Gasteiger charge is 2.27. The molecule has 0 aliphatic heterocycles. The van der Waals surface area contributed by atoms with E-state index in [2.05, 4.69) is 76.4 Å². The van der Waals surface area contributed by atoms with Gasteiger partial charge < -0.3 is 5.11 Å². The zero-order chi connectivity index (χ0) is 20.2. The van der Waals surface area contributed by atoms with E-state index in [9.17, 15) is 4.79 Å². The molecule has 0 bridgehead atoms. The lowest BCUT2D eigenvalue weighted by molar-refractivity contribution is -0.137. The number of carboxylic acid groups (broad SMARTS) is 1. The van der Waals surface area contributed by atoms with Crippen molar-refractivity contribution in [1.82, 2.24) is 0 Å². The van der Waals surface area contributed by atoms with Gasteiger partial charge in [0, 0.05) is 12.2 Å². The molecule has 0 aliphatic carbocycles. The number of carbonyl (C=O) groups is 1. The number of rotatable bonds is 13. The molecule has 0 saturated carbocycles. The molecule has 28 heavy (non-hydrogen) atoms. The molecule has 1 N–H and O–H groups in total. The Labute approximate surface area is 180 Å². The fraction of sp³-hybridized carbons (Fsp3) is 0.409. The molecule has 0 spiro atoms. The van der Waals surface area contributed by atoms with Crippen LogP contribution in [0.2, 0.25) is 0 Å². The standard InChI is InChI=1S/C22H30B2O2S2/c23-21(19-11-5-2-6-12-19)28-22(24,14-8-7-13-20(25)26)15-16-27-17-18-9-3-1-4-10-18/h1-6,9-12,21H,7-8,13-17,23-24H2,(H,25,26). The van der Waals surface area contributed by atoms with Crippen molar-refractivity contribution in [3.05, 3.63) is 71.8 Å². The predicted octanol–water partition coefficient (Wildman–Crippen LogP) is 4.35. The fourth-order valence-corrected chi connectivity index (χ4v) is 6.21. The highest BCUT2D eigenvalue weighted by atomic mass is 32.2. The van der Waals surface area contributed by atoms with E-state index >= 15 is 0 Å². The number of hydrogen-bond donors (Lipinski definition) is 1. The molecule has 0 radical (unpaired) electrons. The van der Waals surface area contributed by atoms with Crippen LogP contribution in [0.25, 0.3) is 0 Å². The van der Waals surface area contributed by atoms with Gasteiger partial charge in [0.25, 0.3) is 0 Å². The molecular formula is C22H30B2O2S2. The molecule has 2 aromatic carbocycles. The second kappa shape index (κ2) is 12.3. The first-order chi connectivity index (χ1) is 13.5. The maximum Gasteiger partial charge on any atom is 0.303 e. The quantitative estimate of drug-likeness (QED) is 0.392. The zero-order valence-electron chi connectivity index (χ0n) is 17.0. The van der Waals surface area contributed by atoms with Crippen LogP contribution in [-0.2, 0) is 10.5 Å². The van der Waals surface area contributed by atoms with Crippen LogP contribution in [0.4, 0.5) is 0 Å². The van der Waals surface area contributed by atoms with E-state index in [0.717, 1.165) is 37.2 Å². The van der Waals surface area contributed by atoms with Crippen LogP contribution in [0.5, 0.6) is 0 Å². The van der Waals surface area contributed by atoms with Gasteiger partial charge in [0.1, 0.15) is 15.7 Å². The van der Waals surface area contributed by atoms with E-state index in [4.69, 9.17) is 5.11 Å². The molecule has 6 heteroatoms. The zero-order valence-corrected chi connectivity index (χ0v) is 18.6.